The van der Waals surface area contributed by atoms with Crippen LogP contribution in [0.15, 0.2) is 16.4 Å². The summed E-state index contributed by atoms with van der Waals surface area (Å²) >= 11 is 1.30. The van der Waals surface area contributed by atoms with Crippen LogP contribution in [-0.4, -0.2) is 32.4 Å². The van der Waals surface area contributed by atoms with E-state index in [0.717, 1.165) is 0 Å². The molecule has 0 bridgehead atoms. The summed E-state index contributed by atoms with van der Waals surface area (Å²) in [4.78, 5) is 40.3. The number of aryl methyl sites for hydroxylation is 1. The Balaban J connectivity index is 2.33. The molecule has 0 aromatic carbocycles. The lowest BCUT2D eigenvalue weighted by Gasteiger charge is -2.16. The highest BCUT2D eigenvalue weighted by atomic mass is 32.1. The highest BCUT2D eigenvalue weighted by molar-refractivity contribution is 7.15. The van der Waals surface area contributed by atoms with Gasteiger partial charge < -0.3 is 10.4 Å². The summed E-state index contributed by atoms with van der Waals surface area (Å²) in [6.45, 7) is 5.46. The van der Waals surface area contributed by atoms with E-state index in [4.69, 9.17) is 5.11 Å². The van der Waals surface area contributed by atoms with Crippen molar-refractivity contribution in [3.8, 4) is 0 Å². The molecule has 0 aliphatic carbocycles. The first kappa shape index (κ1) is 16.2. The summed E-state index contributed by atoms with van der Waals surface area (Å²) < 4.78 is 1.35. The lowest BCUT2D eigenvalue weighted by Crippen LogP contribution is -2.43. The van der Waals surface area contributed by atoms with Crippen LogP contribution in [0, 0.1) is 12.8 Å². The third-order valence-electron chi connectivity index (χ3n) is 3.17. The maximum Gasteiger partial charge on any atom is 0.326 e. The molecule has 0 saturated heterocycles. The fraction of sp³-hybridized carbons (Fsp3) is 0.429. The van der Waals surface area contributed by atoms with Gasteiger partial charge in [-0.15, -0.1) is 11.3 Å². The van der Waals surface area contributed by atoms with Gasteiger partial charge in [0.2, 0.25) is 0 Å². The number of aliphatic carboxylic acids is 1. The number of hydrogen-bond acceptors (Lipinski definition) is 5. The molecule has 0 unspecified atom stereocenters. The van der Waals surface area contributed by atoms with Crippen LogP contribution in [0.3, 0.4) is 0 Å². The van der Waals surface area contributed by atoms with E-state index in [1.165, 1.54) is 21.9 Å². The maximum atomic E-state index is 12.3. The van der Waals surface area contributed by atoms with Crippen molar-refractivity contribution in [1.29, 1.82) is 0 Å². The highest BCUT2D eigenvalue weighted by Gasteiger charge is 2.24. The minimum atomic E-state index is -1.12. The van der Waals surface area contributed by atoms with E-state index in [0.29, 0.717) is 10.7 Å². The Hall–Kier alpha value is -2.22. The Morgan fingerprint density at radius 2 is 2.14 bits per heavy atom. The Bertz CT molecular complexity index is 778. The molecule has 22 heavy (non-hydrogen) atoms. The number of rotatable bonds is 5. The summed E-state index contributed by atoms with van der Waals surface area (Å²) in [5, 5.41) is 13.3. The van der Waals surface area contributed by atoms with Crippen molar-refractivity contribution in [2.45, 2.75) is 33.2 Å². The van der Waals surface area contributed by atoms with Gasteiger partial charge in [0, 0.05) is 17.3 Å². The molecule has 118 valence electrons. The molecule has 0 aliphatic rings. The number of aromatic nitrogens is 2. The Labute approximate surface area is 130 Å². The van der Waals surface area contributed by atoms with Gasteiger partial charge in [0.25, 0.3) is 11.5 Å². The number of carboxylic acids is 1. The summed E-state index contributed by atoms with van der Waals surface area (Å²) in [7, 11) is 0. The minimum Gasteiger partial charge on any atom is -0.480 e. The average Bonchev–Trinajstić information content (AvgIpc) is 2.80. The largest absolute Gasteiger partial charge is 0.480 e. The lowest BCUT2D eigenvalue weighted by atomic mass is 10.0. The highest BCUT2D eigenvalue weighted by Crippen LogP contribution is 2.11. The monoisotopic (exact) mass is 323 g/mol. The number of nitrogens with one attached hydrogen (secondary N) is 1. The Morgan fingerprint density at radius 3 is 2.73 bits per heavy atom. The molecule has 1 atom stereocenters. The number of nitrogens with zero attached hydrogens (tertiary/aromatic N) is 2. The third-order valence-corrected chi connectivity index (χ3v) is 4.13. The molecular weight excluding hydrogens is 306 g/mol. The lowest BCUT2D eigenvalue weighted by molar-refractivity contribution is -0.139. The van der Waals surface area contributed by atoms with E-state index in [1.54, 1.807) is 12.3 Å². The zero-order valence-corrected chi connectivity index (χ0v) is 13.3. The smallest absolute Gasteiger partial charge is 0.326 e. The molecule has 2 rings (SSSR count). The summed E-state index contributed by atoms with van der Waals surface area (Å²) in [5.41, 5.74) is 0.0352. The van der Waals surface area contributed by atoms with Gasteiger partial charge in [0.1, 0.15) is 11.6 Å². The van der Waals surface area contributed by atoms with Gasteiger partial charge in [0.05, 0.1) is 0 Å². The van der Waals surface area contributed by atoms with Gasteiger partial charge in [-0.05, 0) is 19.3 Å². The van der Waals surface area contributed by atoms with Crippen LogP contribution >= 0.6 is 11.3 Å². The molecule has 0 fully saturated rings. The summed E-state index contributed by atoms with van der Waals surface area (Å²) in [5.74, 6) is -1.74. The van der Waals surface area contributed by atoms with Gasteiger partial charge in [-0.25, -0.2) is 9.78 Å². The van der Waals surface area contributed by atoms with E-state index in [2.05, 4.69) is 10.3 Å². The molecule has 2 aromatic heterocycles. The van der Waals surface area contributed by atoms with Crippen molar-refractivity contribution in [3.05, 3.63) is 33.2 Å². The van der Waals surface area contributed by atoms with Crippen molar-refractivity contribution in [3.63, 3.8) is 0 Å². The summed E-state index contributed by atoms with van der Waals surface area (Å²) in [6, 6.07) is -1.03. The van der Waals surface area contributed by atoms with Crippen molar-refractivity contribution < 1.29 is 14.7 Å². The van der Waals surface area contributed by atoms with E-state index < -0.39 is 23.5 Å². The van der Waals surface area contributed by atoms with Crippen molar-refractivity contribution in [1.82, 2.24) is 14.7 Å². The molecule has 0 radical (unpaired) electrons. The number of hydrogen-bond donors (Lipinski definition) is 2. The normalized spacial score (nSPS) is 12.5. The van der Waals surface area contributed by atoms with Gasteiger partial charge in [0.15, 0.2) is 4.96 Å². The first-order chi connectivity index (χ1) is 10.3. The topological polar surface area (TPSA) is 101 Å². The molecule has 8 heteroatoms. The van der Waals surface area contributed by atoms with E-state index in [-0.39, 0.29) is 17.9 Å². The fourth-order valence-electron chi connectivity index (χ4n) is 2.11. The number of carbonyl (C=O) groups is 2. The summed E-state index contributed by atoms with van der Waals surface area (Å²) in [6.07, 6.45) is 1.48. The molecule has 2 heterocycles. The van der Waals surface area contributed by atoms with Crippen LogP contribution in [0.1, 0.15) is 36.3 Å². The van der Waals surface area contributed by atoms with Crippen molar-refractivity contribution in [2.24, 2.45) is 5.92 Å². The first-order valence-corrected chi connectivity index (χ1v) is 7.68. The maximum absolute atomic E-state index is 12.3. The van der Waals surface area contributed by atoms with Gasteiger partial charge in [-0.1, -0.05) is 13.8 Å². The quantitative estimate of drug-likeness (QED) is 0.863. The van der Waals surface area contributed by atoms with Gasteiger partial charge >= 0.3 is 5.97 Å². The second kappa shape index (κ2) is 6.27. The molecular formula is C14H17N3O4S. The van der Waals surface area contributed by atoms with Crippen molar-refractivity contribution in [2.75, 3.05) is 0 Å². The van der Waals surface area contributed by atoms with Crippen molar-refractivity contribution >= 4 is 28.2 Å². The zero-order valence-electron chi connectivity index (χ0n) is 12.5. The molecule has 2 aromatic rings. The predicted octanol–water partition coefficient (Wildman–Crippen LogP) is 1.29. The second-order valence-electron chi connectivity index (χ2n) is 5.47. The van der Waals surface area contributed by atoms with Crippen LogP contribution in [0.4, 0.5) is 0 Å². The zero-order chi connectivity index (χ0) is 16.4. The Kier molecular flexibility index (Phi) is 4.60. The van der Waals surface area contributed by atoms with Crippen LogP contribution in [0.2, 0.25) is 0 Å². The number of thiazole rings is 1. The third kappa shape index (κ3) is 3.16. The molecule has 0 aliphatic heterocycles. The molecule has 7 nitrogen and oxygen atoms in total. The van der Waals surface area contributed by atoms with Crippen LogP contribution < -0.4 is 10.9 Å². The van der Waals surface area contributed by atoms with E-state index in [1.807, 2.05) is 13.8 Å². The fourth-order valence-corrected chi connectivity index (χ4v) is 2.94. The number of carbonyl (C=O) groups excluding carboxylic acids is 1. The molecule has 1 amide bonds. The average molecular weight is 323 g/mol. The minimum absolute atomic E-state index is 0.0993. The molecule has 0 saturated carbocycles. The predicted molar refractivity (Wildman–Crippen MR) is 82.4 cm³/mol. The van der Waals surface area contributed by atoms with E-state index in [9.17, 15) is 14.4 Å². The standard InChI is InChI=1S/C14H17N3O4S/c1-7(2)4-10(13(20)21)16-11(18)9-5-15-14-17(12(9)19)8(3)6-22-14/h5-7,10H,4H2,1-3H3,(H,16,18)(H,20,21)/t10-/m0/s1. The van der Waals surface area contributed by atoms with E-state index >= 15 is 0 Å². The SMILES string of the molecule is Cc1csc2ncc(C(=O)N[C@@H](CC(C)C)C(=O)O)c(=O)n12. The number of fused-ring (bicyclic) bond motifs is 1. The van der Waals surface area contributed by atoms with Crippen LogP contribution in [0.25, 0.3) is 4.96 Å². The molecule has 2 N–H and O–H groups in total. The first-order valence-electron chi connectivity index (χ1n) is 6.80. The van der Waals surface area contributed by atoms with Gasteiger partial charge in [-0.2, -0.15) is 0 Å². The Morgan fingerprint density at radius 1 is 1.45 bits per heavy atom. The van der Waals surface area contributed by atoms with Crippen LogP contribution in [-0.2, 0) is 4.79 Å². The molecule has 0 spiro atoms. The van der Waals surface area contributed by atoms with Gasteiger partial charge in [-0.3, -0.25) is 14.0 Å². The second-order valence-corrected chi connectivity index (χ2v) is 6.30. The van der Waals surface area contributed by atoms with Crippen LogP contribution in [0.5, 0.6) is 0 Å². The number of carboxylic acid groups (broad SMARTS) is 1. The number of amides is 1.